The van der Waals surface area contributed by atoms with Gasteiger partial charge in [0, 0.05) is 31.3 Å². The van der Waals surface area contributed by atoms with E-state index >= 15 is 0 Å². The minimum atomic E-state index is -0.777. The van der Waals surface area contributed by atoms with E-state index in [9.17, 15) is 14.7 Å². The minimum Gasteiger partial charge on any atom is -0.387 e. The van der Waals surface area contributed by atoms with E-state index in [1.807, 2.05) is 38.1 Å². The molecule has 0 heterocycles. The van der Waals surface area contributed by atoms with E-state index in [4.69, 9.17) is 0 Å². The van der Waals surface area contributed by atoms with Crippen molar-refractivity contribution in [3.05, 3.63) is 70.8 Å². The van der Waals surface area contributed by atoms with E-state index in [0.717, 1.165) is 11.1 Å². The molecule has 0 fully saturated rings. The number of hydrogen-bond acceptors (Lipinski definition) is 3. The van der Waals surface area contributed by atoms with Gasteiger partial charge in [-0.2, -0.15) is 0 Å². The minimum absolute atomic E-state index is 0.108. The van der Waals surface area contributed by atoms with Gasteiger partial charge in [-0.25, -0.2) is 0 Å². The lowest BCUT2D eigenvalue weighted by Gasteiger charge is -2.16. The summed E-state index contributed by atoms with van der Waals surface area (Å²) in [5.41, 5.74) is 2.62. The number of carbonyl (C=O) groups excluding carboxylic acids is 2. The number of hydrogen-bond donors (Lipinski definition) is 2. The third kappa shape index (κ3) is 4.67. The highest BCUT2D eigenvalue weighted by atomic mass is 16.3. The Balaban J connectivity index is 2.04. The predicted octanol–water partition coefficient (Wildman–Crippen LogP) is 2.55. The summed E-state index contributed by atoms with van der Waals surface area (Å²) in [6.45, 7) is 4.51. The fraction of sp³-hybridized carbons (Fsp3) is 0.300. The van der Waals surface area contributed by atoms with E-state index < -0.39 is 6.10 Å². The number of aliphatic hydroxyl groups is 1. The lowest BCUT2D eigenvalue weighted by Crippen LogP contribution is -2.29. The summed E-state index contributed by atoms with van der Waals surface area (Å²) in [4.78, 5) is 26.1. The van der Waals surface area contributed by atoms with Crippen molar-refractivity contribution in [2.75, 3.05) is 20.1 Å². The number of aliphatic hydroxyl groups excluding tert-OH is 1. The van der Waals surface area contributed by atoms with Crippen LogP contribution in [0.1, 0.15) is 44.9 Å². The largest absolute Gasteiger partial charge is 0.387 e. The van der Waals surface area contributed by atoms with Gasteiger partial charge in [0.1, 0.15) is 0 Å². The van der Waals surface area contributed by atoms with Gasteiger partial charge >= 0.3 is 0 Å². The standard InChI is InChI=1S/C20H24N2O3/c1-4-22(3)20(25)16-10-7-9-15(12-16)19(24)21-13-18(23)17-11-6-5-8-14(17)2/h5-12,18,23H,4,13H2,1-3H3,(H,21,24). The van der Waals surface area contributed by atoms with Crippen LogP contribution in [0.25, 0.3) is 0 Å². The summed E-state index contributed by atoms with van der Waals surface area (Å²) < 4.78 is 0. The molecule has 0 aliphatic carbocycles. The smallest absolute Gasteiger partial charge is 0.253 e. The van der Waals surface area contributed by atoms with Crippen molar-refractivity contribution in [2.45, 2.75) is 20.0 Å². The van der Waals surface area contributed by atoms with E-state index in [1.54, 1.807) is 36.2 Å². The molecule has 2 aromatic rings. The Morgan fingerprint density at radius 3 is 2.48 bits per heavy atom. The number of rotatable bonds is 6. The summed E-state index contributed by atoms with van der Waals surface area (Å²) in [6.07, 6.45) is -0.777. The first-order valence-electron chi connectivity index (χ1n) is 8.31. The number of nitrogens with one attached hydrogen (secondary N) is 1. The van der Waals surface area contributed by atoms with Crippen LogP contribution in [-0.2, 0) is 0 Å². The molecule has 2 amide bonds. The van der Waals surface area contributed by atoms with Gasteiger partial charge in [0.2, 0.25) is 0 Å². The van der Waals surface area contributed by atoms with Crippen LogP contribution in [-0.4, -0.2) is 42.0 Å². The molecule has 1 unspecified atom stereocenters. The maximum Gasteiger partial charge on any atom is 0.253 e. The molecule has 1 atom stereocenters. The van der Waals surface area contributed by atoms with Crippen LogP contribution in [0, 0.1) is 6.92 Å². The highest BCUT2D eigenvalue weighted by Crippen LogP contribution is 2.16. The van der Waals surface area contributed by atoms with Gasteiger partial charge in [-0.3, -0.25) is 9.59 Å². The van der Waals surface area contributed by atoms with E-state index in [0.29, 0.717) is 17.7 Å². The number of nitrogens with zero attached hydrogens (tertiary/aromatic N) is 1. The number of benzene rings is 2. The van der Waals surface area contributed by atoms with Crippen molar-refractivity contribution < 1.29 is 14.7 Å². The first kappa shape index (κ1) is 18.7. The summed E-state index contributed by atoms with van der Waals surface area (Å²) in [7, 11) is 1.72. The molecule has 2 rings (SSSR count). The molecular formula is C20H24N2O3. The van der Waals surface area contributed by atoms with Gasteiger partial charge in [0.05, 0.1) is 6.10 Å². The van der Waals surface area contributed by atoms with Gasteiger partial charge in [0.15, 0.2) is 0 Å². The molecule has 132 valence electrons. The highest BCUT2D eigenvalue weighted by Gasteiger charge is 2.15. The summed E-state index contributed by atoms with van der Waals surface area (Å²) in [6, 6.07) is 14.1. The van der Waals surface area contributed by atoms with Crippen LogP contribution in [0.3, 0.4) is 0 Å². The normalized spacial score (nSPS) is 11.7. The molecule has 0 saturated heterocycles. The van der Waals surface area contributed by atoms with Crippen LogP contribution in [0.2, 0.25) is 0 Å². The first-order chi connectivity index (χ1) is 11.9. The maximum atomic E-state index is 12.3. The van der Waals surface area contributed by atoms with E-state index in [2.05, 4.69) is 5.32 Å². The van der Waals surface area contributed by atoms with Gasteiger partial charge in [-0.1, -0.05) is 30.3 Å². The highest BCUT2D eigenvalue weighted by molar-refractivity contribution is 5.99. The van der Waals surface area contributed by atoms with Crippen LogP contribution in [0.15, 0.2) is 48.5 Å². The monoisotopic (exact) mass is 340 g/mol. The molecule has 2 aromatic carbocycles. The van der Waals surface area contributed by atoms with Gasteiger partial charge in [0.25, 0.3) is 11.8 Å². The van der Waals surface area contributed by atoms with Crippen molar-refractivity contribution in [1.29, 1.82) is 0 Å². The Kier molecular flexibility index (Phi) is 6.31. The molecule has 0 aliphatic heterocycles. The Labute approximate surface area is 148 Å². The van der Waals surface area contributed by atoms with Gasteiger partial charge in [-0.15, -0.1) is 0 Å². The molecular weight excluding hydrogens is 316 g/mol. The SMILES string of the molecule is CCN(C)C(=O)c1cccc(C(=O)NCC(O)c2ccccc2C)c1. The molecule has 0 radical (unpaired) electrons. The zero-order valence-electron chi connectivity index (χ0n) is 14.8. The number of amides is 2. The lowest BCUT2D eigenvalue weighted by atomic mass is 10.0. The summed E-state index contributed by atoms with van der Waals surface area (Å²) in [5, 5.41) is 13.0. The molecule has 5 heteroatoms. The fourth-order valence-electron chi connectivity index (χ4n) is 2.52. The van der Waals surface area contributed by atoms with Crippen LogP contribution in [0.5, 0.6) is 0 Å². The van der Waals surface area contributed by atoms with Crippen molar-refractivity contribution in [1.82, 2.24) is 10.2 Å². The Hall–Kier alpha value is -2.66. The average molecular weight is 340 g/mol. The predicted molar refractivity (Wildman–Crippen MR) is 97.5 cm³/mol. The third-order valence-corrected chi connectivity index (χ3v) is 4.20. The Morgan fingerprint density at radius 1 is 1.12 bits per heavy atom. The number of carbonyl (C=O) groups is 2. The quantitative estimate of drug-likeness (QED) is 0.849. The average Bonchev–Trinajstić information content (AvgIpc) is 2.65. The summed E-state index contributed by atoms with van der Waals surface area (Å²) >= 11 is 0. The third-order valence-electron chi connectivity index (χ3n) is 4.20. The van der Waals surface area contributed by atoms with Crippen LogP contribution < -0.4 is 5.32 Å². The second-order valence-corrected chi connectivity index (χ2v) is 5.98. The fourth-order valence-corrected chi connectivity index (χ4v) is 2.52. The van der Waals surface area contributed by atoms with Crippen molar-refractivity contribution in [3.63, 3.8) is 0 Å². The van der Waals surface area contributed by atoms with Crippen molar-refractivity contribution in [3.8, 4) is 0 Å². The molecule has 0 bridgehead atoms. The Morgan fingerprint density at radius 2 is 1.80 bits per heavy atom. The lowest BCUT2D eigenvalue weighted by molar-refractivity contribution is 0.0802. The first-order valence-corrected chi connectivity index (χ1v) is 8.31. The van der Waals surface area contributed by atoms with E-state index in [-0.39, 0.29) is 18.4 Å². The Bertz CT molecular complexity index is 758. The molecule has 2 N–H and O–H groups in total. The van der Waals surface area contributed by atoms with Crippen molar-refractivity contribution >= 4 is 11.8 Å². The van der Waals surface area contributed by atoms with Crippen LogP contribution in [0.4, 0.5) is 0 Å². The zero-order chi connectivity index (χ0) is 18.4. The second-order valence-electron chi connectivity index (χ2n) is 5.98. The zero-order valence-corrected chi connectivity index (χ0v) is 14.8. The molecule has 0 spiro atoms. The van der Waals surface area contributed by atoms with E-state index in [1.165, 1.54) is 0 Å². The molecule has 0 aromatic heterocycles. The molecule has 0 saturated carbocycles. The molecule has 0 aliphatic rings. The van der Waals surface area contributed by atoms with Gasteiger partial charge < -0.3 is 15.3 Å². The second kappa shape index (κ2) is 8.44. The maximum absolute atomic E-state index is 12.3. The molecule has 5 nitrogen and oxygen atoms in total. The van der Waals surface area contributed by atoms with Crippen molar-refractivity contribution in [2.24, 2.45) is 0 Å². The molecule has 25 heavy (non-hydrogen) atoms. The van der Waals surface area contributed by atoms with Crippen LogP contribution >= 0.6 is 0 Å². The topological polar surface area (TPSA) is 69.6 Å². The van der Waals surface area contributed by atoms with Gasteiger partial charge in [-0.05, 0) is 43.2 Å². The summed E-state index contributed by atoms with van der Waals surface area (Å²) in [5.74, 6) is -0.446. The number of aryl methyl sites for hydroxylation is 1.